The highest BCUT2D eigenvalue weighted by Gasteiger charge is 2.19. The Morgan fingerprint density at radius 1 is 0.302 bits per heavy atom. The van der Waals surface area contributed by atoms with E-state index in [9.17, 15) is 14.4 Å². The van der Waals surface area contributed by atoms with Crippen molar-refractivity contribution in [1.82, 2.24) is 0 Å². The second-order valence-corrected chi connectivity index (χ2v) is 20.1. The minimum absolute atomic E-state index is 0.0621. The second-order valence-electron chi connectivity index (χ2n) is 20.1. The Kier molecular flexibility index (Phi) is 50.1. The number of hydrogen-bond donors (Lipinski definition) is 0. The number of unbranched alkanes of at least 4 members (excludes halogenated alkanes) is 39. The summed E-state index contributed by atoms with van der Waals surface area (Å²) >= 11 is 0. The molecule has 374 valence electrons. The molecule has 0 aromatic carbocycles. The normalized spacial score (nSPS) is 12.0. The molecule has 0 aromatic heterocycles. The number of carbonyl (C=O) groups is 3. The van der Waals surface area contributed by atoms with E-state index in [2.05, 4.69) is 27.7 Å². The first-order chi connectivity index (χ1) is 30.9. The maximum absolute atomic E-state index is 12.8. The molecule has 0 heterocycles. The van der Waals surface area contributed by atoms with E-state index in [1.807, 2.05) is 0 Å². The number of rotatable bonds is 52. The molecule has 63 heavy (non-hydrogen) atoms. The van der Waals surface area contributed by atoms with Crippen LogP contribution in [-0.4, -0.2) is 37.2 Å². The van der Waals surface area contributed by atoms with Crippen LogP contribution in [0.25, 0.3) is 0 Å². The Morgan fingerprint density at radius 2 is 0.524 bits per heavy atom. The highest BCUT2D eigenvalue weighted by Crippen LogP contribution is 2.18. The number of hydrogen-bond acceptors (Lipinski definition) is 6. The molecule has 0 saturated carbocycles. The van der Waals surface area contributed by atoms with Gasteiger partial charge in [0.2, 0.25) is 0 Å². The average Bonchev–Trinajstić information content (AvgIpc) is 3.27. The van der Waals surface area contributed by atoms with Gasteiger partial charge in [0, 0.05) is 19.3 Å². The SMILES string of the molecule is CCCCCCCCCCCCCCCCCCC(=O)OC[C@@H](COC(=O)CCCCCCCCCCCCC(C)C)OC(=O)CCCCCCCCCCCCCCCCCC. The van der Waals surface area contributed by atoms with Crippen LogP contribution in [-0.2, 0) is 28.6 Å². The summed E-state index contributed by atoms with van der Waals surface area (Å²) < 4.78 is 16.9. The summed E-state index contributed by atoms with van der Waals surface area (Å²) in [5.41, 5.74) is 0. The smallest absolute Gasteiger partial charge is 0.306 e. The topological polar surface area (TPSA) is 78.9 Å². The van der Waals surface area contributed by atoms with Crippen molar-refractivity contribution in [2.75, 3.05) is 13.2 Å². The molecule has 0 amide bonds. The van der Waals surface area contributed by atoms with Gasteiger partial charge in [-0.2, -0.15) is 0 Å². The summed E-state index contributed by atoms with van der Waals surface area (Å²) in [6, 6.07) is 0. The predicted molar refractivity (Wildman–Crippen MR) is 270 cm³/mol. The van der Waals surface area contributed by atoms with Gasteiger partial charge in [-0.25, -0.2) is 0 Å². The minimum atomic E-state index is -0.761. The van der Waals surface area contributed by atoms with Crippen molar-refractivity contribution in [3.8, 4) is 0 Å². The zero-order valence-electron chi connectivity index (χ0n) is 43.0. The van der Waals surface area contributed by atoms with Crippen LogP contribution in [0.3, 0.4) is 0 Å². The van der Waals surface area contributed by atoms with Crippen LogP contribution in [0.15, 0.2) is 0 Å². The van der Waals surface area contributed by atoms with Crippen LogP contribution >= 0.6 is 0 Å². The van der Waals surface area contributed by atoms with Crippen molar-refractivity contribution in [3.05, 3.63) is 0 Å². The fourth-order valence-electron chi connectivity index (χ4n) is 8.75. The monoisotopic (exact) mass is 891 g/mol. The van der Waals surface area contributed by atoms with Crippen LogP contribution in [0.4, 0.5) is 0 Å². The third kappa shape index (κ3) is 51.3. The molecule has 0 fully saturated rings. The number of carbonyl (C=O) groups excluding carboxylic acids is 3. The van der Waals surface area contributed by atoms with Crippen molar-refractivity contribution in [2.24, 2.45) is 5.92 Å². The number of ether oxygens (including phenoxy) is 3. The van der Waals surface area contributed by atoms with E-state index in [4.69, 9.17) is 14.2 Å². The van der Waals surface area contributed by atoms with Crippen LogP contribution in [0, 0.1) is 5.92 Å². The van der Waals surface area contributed by atoms with Gasteiger partial charge in [0.15, 0.2) is 6.10 Å². The average molecular weight is 892 g/mol. The summed E-state index contributed by atoms with van der Waals surface area (Å²) in [4.78, 5) is 38.1. The quantitative estimate of drug-likeness (QED) is 0.0344. The van der Waals surface area contributed by atoms with Gasteiger partial charge < -0.3 is 14.2 Å². The van der Waals surface area contributed by atoms with Crippen LogP contribution in [0.2, 0.25) is 0 Å². The molecular weight excluding hydrogens is 781 g/mol. The summed E-state index contributed by atoms with van der Waals surface area (Å²) in [6.07, 6.45) is 55.2. The third-order valence-corrected chi connectivity index (χ3v) is 13.0. The van der Waals surface area contributed by atoms with E-state index in [0.717, 1.165) is 63.7 Å². The molecule has 0 aliphatic heterocycles. The summed E-state index contributed by atoms with van der Waals surface area (Å²) in [5, 5.41) is 0. The van der Waals surface area contributed by atoms with Gasteiger partial charge in [0.25, 0.3) is 0 Å². The van der Waals surface area contributed by atoms with Crippen LogP contribution < -0.4 is 0 Å². The highest BCUT2D eigenvalue weighted by atomic mass is 16.6. The maximum atomic E-state index is 12.8. The number of esters is 3. The third-order valence-electron chi connectivity index (χ3n) is 13.0. The van der Waals surface area contributed by atoms with Gasteiger partial charge in [-0.3, -0.25) is 14.4 Å². The standard InChI is InChI=1S/C57H110O6/c1-5-7-9-11-13-15-17-19-21-23-25-27-32-36-40-44-48-55(58)61-51-54(52-62-56(59)49-45-41-37-33-30-29-31-35-39-43-47-53(3)4)63-57(60)50-46-42-38-34-28-26-24-22-20-18-16-14-12-10-8-6-2/h53-54H,5-52H2,1-4H3/t54-/m0/s1. The second kappa shape index (κ2) is 51.4. The first-order valence-corrected chi connectivity index (χ1v) is 28.4. The van der Waals surface area contributed by atoms with Crippen LogP contribution in [0.5, 0.6) is 0 Å². The van der Waals surface area contributed by atoms with Gasteiger partial charge in [-0.15, -0.1) is 0 Å². The molecule has 0 unspecified atom stereocenters. The molecular formula is C57H110O6. The minimum Gasteiger partial charge on any atom is -0.462 e. The molecule has 0 saturated heterocycles. The Morgan fingerprint density at radius 3 is 0.778 bits per heavy atom. The van der Waals surface area contributed by atoms with Gasteiger partial charge in [0.05, 0.1) is 0 Å². The molecule has 6 nitrogen and oxygen atoms in total. The molecule has 0 bridgehead atoms. The van der Waals surface area contributed by atoms with Crippen molar-refractivity contribution in [2.45, 2.75) is 329 Å². The molecule has 6 heteroatoms. The first-order valence-electron chi connectivity index (χ1n) is 28.4. The summed E-state index contributed by atoms with van der Waals surface area (Å²) in [5.74, 6) is -0.0188. The van der Waals surface area contributed by atoms with E-state index < -0.39 is 6.10 Å². The molecule has 0 aliphatic rings. The van der Waals surface area contributed by atoms with E-state index in [-0.39, 0.29) is 31.1 Å². The lowest BCUT2D eigenvalue weighted by molar-refractivity contribution is -0.167. The lowest BCUT2D eigenvalue weighted by atomic mass is 10.0. The predicted octanol–water partition coefficient (Wildman–Crippen LogP) is 18.6. The van der Waals surface area contributed by atoms with Gasteiger partial charge >= 0.3 is 17.9 Å². The molecule has 0 aliphatic carbocycles. The zero-order chi connectivity index (χ0) is 45.9. The van der Waals surface area contributed by atoms with Crippen molar-refractivity contribution < 1.29 is 28.6 Å². The lowest BCUT2D eigenvalue weighted by Gasteiger charge is -2.18. The Bertz CT molecular complexity index is 949. The highest BCUT2D eigenvalue weighted by molar-refractivity contribution is 5.71. The molecule has 0 N–H and O–H groups in total. The molecule has 1 atom stereocenters. The largest absolute Gasteiger partial charge is 0.462 e. The molecule has 0 radical (unpaired) electrons. The van der Waals surface area contributed by atoms with E-state index in [1.165, 1.54) is 218 Å². The van der Waals surface area contributed by atoms with Crippen molar-refractivity contribution in [1.29, 1.82) is 0 Å². The lowest BCUT2D eigenvalue weighted by Crippen LogP contribution is -2.30. The van der Waals surface area contributed by atoms with Gasteiger partial charge in [-0.1, -0.05) is 285 Å². The summed E-state index contributed by atoms with van der Waals surface area (Å²) in [7, 11) is 0. The maximum Gasteiger partial charge on any atom is 0.306 e. The molecule has 0 aromatic rings. The Labute approximate surface area is 393 Å². The molecule has 0 rings (SSSR count). The fourth-order valence-corrected chi connectivity index (χ4v) is 8.75. The molecule has 0 spiro atoms. The fraction of sp³-hybridized carbons (Fsp3) is 0.947. The van der Waals surface area contributed by atoms with Crippen molar-refractivity contribution in [3.63, 3.8) is 0 Å². The van der Waals surface area contributed by atoms with E-state index in [0.29, 0.717) is 19.3 Å². The van der Waals surface area contributed by atoms with E-state index in [1.54, 1.807) is 0 Å². The Hall–Kier alpha value is -1.59. The van der Waals surface area contributed by atoms with E-state index >= 15 is 0 Å². The van der Waals surface area contributed by atoms with Gasteiger partial charge in [-0.05, 0) is 25.2 Å². The van der Waals surface area contributed by atoms with Crippen LogP contribution in [0.1, 0.15) is 323 Å². The Balaban J connectivity index is 4.30. The van der Waals surface area contributed by atoms with Crippen molar-refractivity contribution >= 4 is 17.9 Å². The zero-order valence-corrected chi connectivity index (χ0v) is 43.0. The first kappa shape index (κ1) is 61.4. The summed E-state index contributed by atoms with van der Waals surface area (Å²) in [6.45, 7) is 9.04. The van der Waals surface area contributed by atoms with Gasteiger partial charge in [0.1, 0.15) is 13.2 Å².